The van der Waals surface area contributed by atoms with E-state index in [-0.39, 0.29) is 48.5 Å². The van der Waals surface area contributed by atoms with Crippen LogP contribution in [0, 0.1) is 5.92 Å². The Balaban J connectivity index is 1.80. The van der Waals surface area contributed by atoms with Gasteiger partial charge < -0.3 is 25.0 Å². The third kappa shape index (κ3) is 5.24. The maximum Gasteiger partial charge on any atom is 0.317 e. The van der Waals surface area contributed by atoms with Gasteiger partial charge in [0.15, 0.2) is 0 Å². The summed E-state index contributed by atoms with van der Waals surface area (Å²) in [5.74, 6) is -0.0410. The summed E-state index contributed by atoms with van der Waals surface area (Å²) in [5, 5.41) is 12.8. The number of fused-ring (bicyclic) bond motifs is 1. The number of aromatic nitrogens is 1. The zero-order chi connectivity index (χ0) is 21.8. The summed E-state index contributed by atoms with van der Waals surface area (Å²) >= 11 is 3.37. The number of carbonyl (C=O) groups is 2. The number of halogens is 1. The summed E-state index contributed by atoms with van der Waals surface area (Å²) in [6.45, 7) is 4.45. The Bertz CT molecular complexity index is 771. The number of aliphatic hydroxyl groups is 1. The molecule has 0 bridgehead atoms. The minimum atomic E-state index is -0.349. The summed E-state index contributed by atoms with van der Waals surface area (Å²) in [4.78, 5) is 33.4. The number of pyridine rings is 1. The van der Waals surface area contributed by atoms with Crippen molar-refractivity contribution in [1.82, 2.24) is 20.1 Å². The average Bonchev–Trinajstić information content (AvgIpc) is 3.23. The number of amides is 3. The first-order chi connectivity index (χ1) is 14.3. The van der Waals surface area contributed by atoms with Gasteiger partial charge >= 0.3 is 6.03 Å². The third-order valence-electron chi connectivity index (χ3n) is 5.97. The monoisotopic (exact) mass is 482 g/mol. The maximum absolute atomic E-state index is 13.1. The molecule has 1 fully saturated rings. The number of carbonyl (C=O) groups excluding carboxylic acids is 2. The van der Waals surface area contributed by atoms with Crippen molar-refractivity contribution in [1.29, 1.82) is 0 Å². The van der Waals surface area contributed by atoms with Gasteiger partial charge in [0, 0.05) is 36.2 Å². The molecule has 3 amide bonds. The highest BCUT2D eigenvalue weighted by atomic mass is 79.9. The van der Waals surface area contributed by atoms with E-state index in [4.69, 9.17) is 4.74 Å². The Labute approximate surface area is 186 Å². The van der Waals surface area contributed by atoms with E-state index in [2.05, 4.69) is 26.2 Å². The number of likely N-dealkylation sites (N-methyl/N-ethyl adjacent to an activating group) is 1. The van der Waals surface area contributed by atoms with Gasteiger partial charge in [-0.25, -0.2) is 9.78 Å². The van der Waals surface area contributed by atoms with Crippen LogP contribution in [-0.2, 0) is 0 Å². The molecule has 9 heteroatoms. The van der Waals surface area contributed by atoms with Gasteiger partial charge in [0.2, 0.25) is 5.88 Å². The van der Waals surface area contributed by atoms with Crippen LogP contribution in [-0.4, -0.2) is 76.8 Å². The second-order valence-electron chi connectivity index (χ2n) is 8.44. The van der Waals surface area contributed by atoms with E-state index in [0.29, 0.717) is 23.1 Å². The lowest BCUT2D eigenvalue weighted by Crippen LogP contribution is -2.52. The number of nitrogens with zero attached hydrogens (tertiary/aromatic N) is 3. The second kappa shape index (κ2) is 9.96. The molecule has 0 aromatic carbocycles. The number of nitrogens with one attached hydrogen (secondary N) is 1. The van der Waals surface area contributed by atoms with Crippen molar-refractivity contribution >= 4 is 27.9 Å². The Morgan fingerprint density at radius 3 is 2.83 bits per heavy atom. The molecule has 0 unspecified atom stereocenters. The largest absolute Gasteiger partial charge is 0.472 e. The third-order valence-corrected chi connectivity index (χ3v) is 6.40. The zero-order valence-corrected chi connectivity index (χ0v) is 19.4. The molecule has 0 radical (unpaired) electrons. The van der Waals surface area contributed by atoms with Crippen LogP contribution in [0.5, 0.6) is 5.88 Å². The lowest BCUT2D eigenvalue weighted by molar-refractivity contribution is 0.0351. The molecule has 1 aromatic heterocycles. The fourth-order valence-corrected chi connectivity index (χ4v) is 4.33. The van der Waals surface area contributed by atoms with Gasteiger partial charge in [0.05, 0.1) is 19.2 Å². The van der Waals surface area contributed by atoms with Crippen LogP contribution in [0.2, 0.25) is 0 Å². The van der Waals surface area contributed by atoms with E-state index < -0.39 is 0 Å². The minimum Gasteiger partial charge on any atom is -0.472 e. The van der Waals surface area contributed by atoms with Crippen molar-refractivity contribution in [2.24, 2.45) is 5.92 Å². The van der Waals surface area contributed by atoms with Gasteiger partial charge in [0.25, 0.3) is 5.91 Å². The van der Waals surface area contributed by atoms with Crippen LogP contribution in [0.25, 0.3) is 0 Å². The molecule has 1 aliphatic carbocycles. The van der Waals surface area contributed by atoms with Gasteiger partial charge in [-0.05, 0) is 41.8 Å². The van der Waals surface area contributed by atoms with Crippen molar-refractivity contribution in [3.63, 3.8) is 0 Å². The van der Waals surface area contributed by atoms with E-state index in [1.54, 1.807) is 29.1 Å². The normalized spacial score (nSPS) is 23.2. The molecule has 2 heterocycles. The van der Waals surface area contributed by atoms with Crippen LogP contribution in [0.1, 0.15) is 49.9 Å². The molecule has 1 aromatic rings. The maximum atomic E-state index is 13.1. The fourth-order valence-electron chi connectivity index (χ4n) is 4.00. The molecule has 2 N–H and O–H groups in total. The van der Waals surface area contributed by atoms with E-state index >= 15 is 0 Å². The van der Waals surface area contributed by atoms with Crippen molar-refractivity contribution in [2.75, 3.05) is 26.7 Å². The molecule has 2 aliphatic rings. The van der Waals surface area contributed by atoms with Gasteiger partial charge in [0.1, 0.15) is 11.7 Å². The summed E-state index contributed by atoms with van der Waals surface area (Å²) < 4.78 is 6.84. The van der Waals surface area contributed by atoms with Crippen molar-refractivity contribution in [3.05, 3.63) is 22.3 Å². The second-order valence-corrected chi connectivity index (χ2v) is 9.36. The van der Waals surface area contributed by atoms with Crippen molar-refractivity contribution < 1.29 is 19.4 Å². The van der Waals surface area contributed by atoms with E-state index in [0.717, 1.165) is 25.7 Å². The standard InChI is InChI=1S/C21H31BrN4O4/c1-13-10-26(14(2)12-27)20(28)17-8-15(22)9-23-19(17)30-18(13)11-25(3)21(29)24-16-6-4-5-7-16/h8-9,13-14,16,18,27H,4-7,10-12H2,1-3H3,(H,24,29)/t13-,14-,18-/m0/s1. The SMILES string of the molecule is C[C@H]1CN([C@@H](C)CO)C(=O)c2cc(Br)cnc2O[C@H]1CN(C)C(=O)NC1CCCC1. The number of hydrogen-bond donors (Lipinski definition) is 2. The Kier molecular flexibility index (Phi) is 7.57. The average molecular weight is 483 g/mol. The van der Waals surface area contributed by atoms with Gasteiger partial charge in [-0.1, -0.05) is 19.8 Å². The smallest absolute Gasteiger partial charge is 0.317 e. The lowest BCUT2D eigenvalue weighted by Gasteiger charge is -2.37. The molecule has 0 spiro atoms. The lowest BCUT2D eigenvalue weighted by atomic mass is 10.0. The van der Waals surface area contributed by atoms with Crippen LogP contribution in [0.4, 0.5) is 4.79 Å². The highest BCUT2D eigenvalue weighted by Crippen LogP contribution is 2.28. The van der Waals surface area contributed by atoms with Crippen molar-refractivity contribution in [2.45, 2.75) is 57.7 Å². The Morgan fingerprint density at radius 1 is 1.47 bits per heavy atom. The Hall–Kier alpha value is -1.87. The molecule has 3 atom stereocenters. The topological polar surface area (TPSA) is 95.0 Å². The zero-order valence-electron chi connectivity index (χ0n) is 17.8. The summed E-state index contributed by atoms with van der Waals surface area (Å²) in [6, 6.07) is 1.48. The summed E-state index contributed by atoms with van der Waals surface area (Å²) in [5.41, 5.74) is 0.347. The number of urea groups is 1. The molecule has 3 rings (SSSR count). The van der Waals surface area contributed by atoms with E-state index in [1.807, 2.05) is 13.8 Å². The molecule has 166 valence electrons. The molecule has 8 nitrogen and oxygen atoms in total. The first-order valence-electron chi connectivity index (χ1n) is 10.6. The molecule has 30 heavy (non-hydrogen) atoms. The van der Waals surface area contributed by atoms with Gasteiger partial charge in [-0.15, -0.1) is 0 Å². The van der Waals surface area contributed by atoms with E-state index in [1.165, 1.54) is 0 Å². The predicted octanol–water partition coefficient (Wildman–Crippen LogP) is 2.65. The Morgan fingerprint density at radius 2 is 2.17 bits per heavy atom. The van der Waals surface area contributed by atoms with Crippen LogP contribution in [0.3, 0.4) is 0 Å². The fraction of sp³-hybridized carbons (Fsp3) is 0.667. The number of ether oxygens (including phenoxy) is 1. The highest BCUT2D eigenvalue weighted by molar-refractivity contribution is 9.10. The molecule has 1 saturated carbocycles. The van der Waals surface area contributed by atoms with Crippen LogP contribution in [0.15, 0.2) is 16.7 Å². The first-order valence-corrected chi connectivity index (χ1v) is 11.3. The molecular weight excluding hydrogens is 452 g/mol. The van der Waals surface area contributed by atoms with Crippen molar-refractivity contribution in [3.8, 4) is 5.88 Å². The summed E-state index contributed by atoms with van der Waals surface area (Å²) in [6.07, 6.45) is 5.60. The highest BCUT2D eigenvalue weighted by Gasteiger charge is 2.34. The van der Waals surface area contributed by atoms with E-state index in [9.17, 15) is 14.7 Å². The van der Waals surface area contributed by atoms with Crippen LogP contribution >= 0.6 is 15.9 Å². The molecule has 0 saturated heterocycles. The summed E-state index contributed by atoms with van der Waals surface area (Å²) in [7, 11) is 1.76. The quantitative estimate of drug-likeness (QED) is 0.672. The molecular formula is C21H31BrN4O4. The molecule has 1 aliphatic heterocycles. The number of rotatable bonds is 5. The van der Waals surface area contributed by atoms with Crippen LogP contribution < -0.4 is 10.1 Å². The number of hydrogen-bond acceptors (Lipinski definition) is 5. The van der Waals surface area contributed by atoms with Gasteiger partial charge in [-0.3, -0.25) is 4.79 Å². The predicted molar refractivity (Wildman–Crippen MR) is 117 cm³/mol. The van der Waals surface area contributed by atoms with Gasteiger partial charge in [-0.2, -0.15) is 0 Å². The number of aliphatic hydroxyl groups excluding tert-OH is 1. The first kappa shape index (κ1) is 22.8. The minimum absolute atomic E-state index is 0.0664.